The summed E-state index contributed by atoms with van der Waals surface area (Å²) in [6, 6.07) is 5.90. The molecule has 1 saturated heterocycles. The minimum absolute atomic E-state index is 0.251. The van der Waals surface area contributed by atoms with E-state index in [1.807, 2.05) is 25.2 Å². The molecule has 5 nitrogen and oxygen atoms in total. The topological polar surface area (TPSA) is 49.0 Å². The van der Waals surface area contributed by atoms with Gasteiger partial charge >= 0.3 is 0 Å². The molecule has 1 fully saturated rings. The van der Waals surface area contributed by atoms with Gasteiger partial charge in [0.05, 0.1) is 33.5 Å². The SMILES string of the molecule is CNC1COC(c2ccc(OC)c(OC)c2)OC1. The molecule has 1 aromatic carbocycles. The molecular formula is C13H19NO4. The number of ether oxygens (including phenoxy) is 4. The highest BCUT2D eigenvalue weighted by molar-refractivity contribution is 5.43. The van der Waals surface area contributed by atoms with Gasteiger partial charge in [0.25, 0.3) is 0 Å². The van der Waals surface area contributed by atoms with Crippen LogP contribution in [0.2, 0.25) is 0 Å². The molecule has 100 valence electrons. The number of benzene rings is 1. The van der Waals surface area contributed by atoms with E-state index in [1.165, 1.54) is 0 Å². The molecule has 0 bridgehead atoms. The van der Waals surface area contributed by atoms with E-state index in [0.717, 1.165) is 5.56 Å². The predicted octanol–water partition coefficient (Wildman–Crippen LogP) is 1.34. The third-order valence-corrected chi connectivity index (χ3v) is 2.99. The lowest BCUT2D eigenvalue weighted by Gasteiger charge is -2.29. The average Bonchev–Trinajstić information content (AvgIpc) is 2.46. The second-order valence-electron chi connectivity index (χ2n) is 4.10. The first-order valence-electron chi connectivity index (χ1n) is 5.91. The monoisotopic (exact) mass is 253 g/mol. The smallest absolute Gasteiger partial charge is 0.184 e. The normalized spacial score (nSPS) is 23.7. The highest BCUT2D eigenvalue weighted by atomic mass is 16.7. The summed E-state index contributed by atoms with van der Waals surface area (Å²) in [7, 11) is 5.12. The van der Waals surface area contributed by atoms with Crippen molar-refractivity contribution in [2.45, 2.75) is 12.3 Å². The fourth-order valence-corrected chi connectivity index (χ4v) is 1.86. The molecule has 0 spiro atoms. The van der Waals surface area contributed by atoms with E-state index in [2.05, 4.69) is 5.32 Å². The lowest BCUT2D eigenvalue weighted by Crippen LogP contribution is -2.40. The van der Waals surface area contributed by atoms with Crippen LogP contribution >= 0.6 is 0 Å². The summed E-state index contributed by atoms with van der Waals surface area (Å²) >= 11 is 0. The van der Waals surface area contributed by atoms with Gasteiger partial charge in [0.15, 0.2) is 17.8 Å². The first kappa shape index (κ1) is 13.1. The zero-order valence-electron chi connectivity index (χ0n) is 10.9. The van der Waals surface area contributed by atoms with E-state index in [1.54, 1.807) is 14.2 Å². The molecule has 18 heavy (non-hydrogen) atoms. The molecule has 0 aliphatic carbocycles. The van der Waals surface area contributed by atoms with Crippen molar-refractivity contribution in [2.75, 3.05) is 34.5 Å². The lowest BCUT2D eigenvalue weighted by molar-refractivity contribution is -0.193. The van der Waals surface area contributed by atoms with Crippen LogP contribution in [0.15, 0.2) is 18.2 Å². The summed E-state index contributed by atoms with van der Waals surface area (Å²) in [5, 5.41) is 3.12. The Morgan fingerprint density at radius 2 is 1.78 bits per heavy atom. The maximum absolute atomic E-state index is 5.66. The summed E-state index contributed by atoms with van der Waals surface area (Å²) in [5.74, 6) is 1.38. The highest BCUT2D eigenvalue weighted by Gasteiger charge is 2.23. The minimum Gasteiger partial charge on any atom is -0.493 e. The minimum atomic E-state index is -0.339. The van der Waals surface area contributed by atoms with Crippen molar-refractivity contribution in [1.82, 2.24) is 5.32 Å². The van der Waals surface area contributed by atoms with Crippen LogP contribution in [0.4, 0.5) is 0 Å². The van der Waals surface area contributed by atoms with Gasteiger partial charge in [-0.05, 0) is 19.2 Å². The Balaban J connectivity index is 2.09. The van der Waals surface area contributed by atoms with Crippen molar-refractivity contribution >= 4 is 0 Å². The zero-order chi connectivity index (χ0) is 13.0. The molecule has 0 radical (unpaired) electrons. The van der Waals surface area contributed by atoms with Crippen molar-refractivity contribution in [3.8, 4) is 11.5 Å². The van der Waals surface area contributed by atoms with Crippen LogP contribution in [0, 0.1) is 0 Å². The van der Waals surface area contributed by atoms with Gasteiger partial charge in [-0.1, -0.05) is 6.07 Å². The third kappa shape index (κ3) is 2.75. The maximum Gasteiger partial charge on any atom is 0.184 e. The highest BCUT2D eigenvalue weighted by Crippen LogP contribution is 2.32. The number of likely N-dealkylation sites (N-methyl/N-ethyl adjacent to an activating group) is 1. The fraction of sp³-hybridized carbons (Fsp3) is 0.538. The summed E-state index contributed by atoms with van der Waals surface area (Å²) < 4.78 is 21.8. The Morgan fingerprint density at radius 3 is 2.33 bits per heavy atom. The number of hydrogen-bond donors (Lipinski definition) is 1. The average molecular weight is 253 g/mol. The van der Waals surface area contributed by atoms with Crippen LogP contribution in [0.3, 0.4) is 0 Å². The maximum atomic E-state index is 5.66. The Kier molecular flexibility index (Phi) is 4.41. The van der Waals surface area contributed by atoms with Gasteiger partial charge in [0.2, 0.25) is 0 Å². The molecule has 1 heterocycles. The van der Waals surface area contributed by atoms with Gasteiger partial charge in [-0.2, -0.15) is 0 Å². The van der Waals surface area contributed by atoms with Crippen LogP contribution in [0.25, 0.3) is 0 Å². The van der Waals surface area contributed by atoms with Gasteiger partial charge in [0.1, 0.15) is 0 Å². The summed E-state index contributed by atoms with van der Waals surface area (Å²) in [4.78, 5) is 0. The van der Waals surface area contributed by atoms with Crippen molar-refractivity contribution in [3.63, 3.8) is 0 Å². The van der Waals surface area contributed by atoms with Crippen LogP contribution in [-0.4, -0.2) is 40.5 Å². The van der Waals surface area contributed by atoms with Crippen molar-refractivity contribution in [3.05, 3.63) is 23.8 Å². The largest absolute Gasteiger partial charge is 0.493 e. The van der Waals surface area contributed by atoms with E-state index in [-0.39, 0.29) is 12.3 Å². The molecule has 0 aromatic heterocycles. The Bertz CT molecular complexity index is 389. The van der Waals surface area contributed by atoms with Gasteiger partial charge in [-0.3, -0.25) is 0 Å². The van der Waals surface area contributed by atoms with Gasteiger partial charge in [-0.25, -0.2) is 0 Å². The Hall–Kier alpha value is -1.30. The number of hydrogen-bond acceptors (Lipinski definition) is 5. The lowest BCUT2D eigenvalue weighted by atomic mass is 10.1. The zero-order valence-corrected chi connectivity index (χ0v) is 10.9. The molecule has 0 amide bonds. The Labute approximate surface area is 107 Å². The van der Waals surface area contributed by atoms with E-state index >= 15 is 0 Å². The van der Waals surface area contributed by atoms with E-state index in [9.17, 15) is 0 Å². The molecule has 1 aliphatic heterocycles. The quantitative estimate of drug-likeness (QED) is 0.877. The van der Waals surface area contributed by atoms with Gasteiger partial charge in [-0.15, -0.1) is 0 Å². The third-order valence-electron chi connectivity index (χ3n) is 2.99. The van der Waals surface area contributed by atoms with Crippen LogP contribution in [-0.2, 0) is 9.47 Å². The molecule has 1 aromatic rings. The van der Waals surface area contributed by atoms with Crippen LogP contribution in [0.5, 0.6) is 11.5 Å². The number of nitrogens with one attached hydrogen (secondary N) is 1. The molecule has 0 saturated carbocycles. The fourth-order valence-electron chi connectivity index (χ4n) is 1.86. The van der Waals surface area contributed by atoms with Gasteiger partial charge in [0, 0.05) is 5.56 Å². The first-order valence-corrected chi connectivity index (χ1v) is 5.91. The molecule has 0 unspecified atom stereocenters. The van der Waals surface area contributed by atoms with Crippen molar-refractivity contribution in [1.29, 1.82) is 0 Å². The van der Waals surface area contributed by atoms with E-state index in [0.29, 0.717) is 24.7 Å². The number of methoxy groups -OCH3 is 2. The predicted molar refractivity (Wildman–Crippen MR) is 67.0 cm³/mol. The van der Waals surface area contributed by atoms with E-state index < -0.39 is 0 Å². The van der Waals surface area contributed by atoms with Crippen molar-refractivity contribution in [2.24, 2.45) is 0 Å². The van der Waals surface area contributed by atoms with Crippen LogP contribution in [0.1, 0.15) is 11.9 Å². The second-order valence-corrected chi connectivity index (χ2v) is 4.10. The number of rotatable bonds is 4. The molecule has 5 heteroatoms. The summed E-state index contributed by atoms with van der Waals surface area (Å²) in [6.45, 7) is 1.27. The van der Waals surface area contributed by atoms with Crippen LogP contribution < -0.4 is 14.8 Å². The van der Waals surface area contributed by atoms with E-state index in [4.69, 9.17) is 18.9 Å². The molecule has 2 rings (SSSR count). The molecular weight excluding hydrogens is 234 g/mol. The van der Waals surface area contributed by atoms with Crippen molar-refractivity contribution < 1.29 is 18.9 Å². The van der Waals surface area contributed by atoms with Gasteiger partial charge < -0.3 is 24.3 Å². The summed E-state index contributed by atoms with van der Waals surface area (Å²) in [5.41, 5.74) is 0.933. The second kappa shape index (κ2) is 6.04. The summed E-state index contributed by atoms with van der Waals surface area (Å²) in [6.07, 6.45) is -0.339. The molecule has 1 aliphatic rings. The molecule has 1 N–H and O–H groups in total. The molecule has 0 atom stereocenters. The standard InChI is InChI=1S/C13H19NO4/c1-14-10-7-17-13(18-8-10)9-4-5-11(15-2)12(6-9)16-3/h4-6,10,13-14H,7-8H2,1-3H3. The Morgan fingerprint density at radius 1 is 1.11 bits per heavy atom. The first-order chi connectivity index (χ1) is 8.78.